The maximum Gasteiger partial charge on any atom is 1.00 e. The number of aliphatic hydroxyl groups excluding tert-OH is 1. The summed E-state index contributed by atoms with van der Waals surface area (Å²) < 4.78 is 49.9. The van der Waals surface area contributed by atoms with Crippen molar-refractivity contribution < 1.29 is 125 Å². The van der Waals surface area contributed by atoms with E-state index >= 15 is 0 Å². The minimum absolute atomic E-state index is 0. The maximum atomic E-state index is 11.5. The first-order valence-corrected chi connectivity index (χ1v) is 26.7. The van der Waals surface area contributed by atoms with Gasteiger partial charge in [0.25, 0.3) is 0 Å². The average molecular weight is 1250 g/mol. The van der Waals surface area contributed by atoms with E-state index in [0.29, 0.717) is 52.4 Å². The molecule has 8 N–H and O–H groups in total. The van der Waals surface area contributed by atoms with Gasteiger partial charge in [-0.3, -0.25) is 14.4 Å². The number of esters is 2. The molecular formula is C50H94BrLiN8O22. The number of nitrogens with two attached hydrogens (primary N) is 1. The number of aliphatic hydroxyl groups is 1. The van der Waals surface area contributed by atoms with Crippen LogP contribution in [0.4, 0.5) is 19.2 Å². The fourth-order valence-corrected chi connectivity index (χ4v) is 5.62. The molecule has 0 unspecified atom stereocenters. The second-order valence-electron chi connectivity index (χ2n) is 21.6. The third-order valence-corrected chi connectivity index (χ3v) is 10.1. The zero-order chi connectivity index (χ0) is 62.2. The third kappa shape index (κ3) is 42.1. The molecule has 0 radical (unpaired) electrons. The quantitative estimate of drug-likeness (QED) is 0.0510. The van der Waals surface area contributed by atoms with Crippen molar-refractivity contribution in [2.24, 2.45) is 5.73 Å². The van der Waals surface area contributed by atoms with Crippen LogP contribution in [0.3, 0.4) is 0 Å². The largest absolute Gasteiger partial charge is 1.00 e. The van der Waals surface area contributed by atoms with Crippen LogP contribution in [0, 0.1) is 0 Å². The number of carboxylic acids is 1. The molecule has 32 heteroatoms. The molecule has 5 fully saturated rings. The summed E-state index contributed by atoms with van der Waals surface area (Å²) in [5, 5.41) is 25.6. The summed E-state index contributed by atoms with van der Waals surface area (Å²) in [6.45, 7) is 26.7. The maximum absolute atomic E-state index is 11.5. The van der Waals surface area contributed by atoms with Gasteiger partial charge in [0.1, 0.15) is 54.2 Å². The van der Waals surface area contributed by atoms with Gasteiger partial charge in [-0.2, -0.15) is 0 Å². The number of carboxylic acid groups (broad SMARTS) is 1. The van der Waals surface area contributed by atoms with Gasteiger partial charge in [0.2, 0.25) is 11.8 Å². The van der Waals surface area contributed by atoms with E-state index in [1.54, 1.807) is 39.8 Å². The second-order valence-corrected chi connectivity index (χ2v) is 22.2. The summed E-state index contributed by atoms with van der Waals surface area (Å²) >= 11 is 2.90. The molecule has 5 saturated heterocycles. The number of nitrogens with zero attached hydrogens (tertiary/aromatic N) is 4. The number of halogens is 1. The number of β-amino-alcohol motifs (C(OH)–C–C–N with tert-alkyl or cyclic N) is 1. The van der Waals surface area contributed by atoms with Crippen molar-refractivity contribution in [3.8, 4) is 0 Å². The first-order valence-electron chi connectivity index (χ1n) is 25.6. The second kappa shape index (κ2) is 42.1. The first-order chi connectivity index (χ1) is 36.9. The van der Waals surface area contributed by atoms with Crippen molar-refractivity contribution in [2.45, 2.75) is 136 Å². The van der Waals surface area contributed by atoms with Crippen molar-refractivity contribution in [3.05, 3.63) is 0 Å². The first kappa shape index (κ1) is 83.6. The monoisotopic (exact) mass is 1240 g/mol. The van der Waals surface area contributed by atoms with Gasteiger partial charge in [-0.25, -0.2) is 28.8 Å². The molecule has 0 aromatic carbocycles. The molecule has 0 aromatic rings. The number of carbonyl (C=O) groups excluding carboxylic acids is 8. The Hall–Kier alpha value is -4.81. The van der Waals surface area contributed by atoms with E-state index in [4.69, 9.17) is 48.1 Å². The van der Waals surface area contributed by atoms with Crippen LogP contribution >= 0.6 is 15.9 Å². The summed E-state index contributed by atoms with van der Waals surface area (Å²) in [5.74, 6) is -1.89. The Labute approximate surface area is 502 Å². The van der Waals surface area contributed by atoms with Crippen LogP contribution in [-0.4, -0.2) is 275 Å². The average Bonchev–Trinajstić information content (AvgIpc) is 3.27. The molecule has 5 aliphatic heterocycles. The fraction of sp³-hybridized carbons (Fsp3) is 0.820. The van der Waals surface area contributed by atoms with Crippen LogP contribution in [0.15, 0.2) is 0 Å². The number of aliphatic carboxylic acids is 1. The van der Waals surface area contributed by atoms with Gasteiger partial charge < -0.3 is 104 Å². The number of carbonyl (C=O) groups is 9. The zero-order valence-corrected chi connectivity index (χ0v) is 52.9. The number of hydrogen-bond donors (Lipinski definition) is 6. The van der Waals surface area contributed by atoms with Crippen LogP contribution in [0.25, 0.3) is 0 Å². The van der Waals surface area contributed by atoms with Gasteiger partial charge in [-0.15, -0.1) is 0 Å². The molecule has 0 aromatic heterocycles. The van der Waals surface area contributed by atoms with Crippen molar-refractivity contribution >= 4 is 70.0 Å². The Kier molecular flexibility index (Phi) is 42.9. The van der Waals surface area contributed by atoms with Crippen LogP contribution < -0.4 is 40.5 Å². The predicted octanol–water partition coefficient (Wildman–Crippen LogP) is -1.85. The van der Waals surface area contributed by atoms with Gasteiger partial charge in [-0.05, 0) is 90.1 Å². The van der Waals surface area contributed by atoms with E-state index in [1.165, 1.54) is 36.0 Å². The number of likely N-dealkylation sites (N-methyl/N-ethyl adjacent to an activating group) is 2. The smallest absolute Gasteiger partial charge is 0.870 e. The standard InChI is InChI=1S/C11H20N2O4.C11H19NO5.C10H17NO5.C8H15NO3.C6H12N2O2.C3H5BrO2.CH5N.Li.H2O/c1-11(2,3)17-10(15)13-5-8(6-13)16-7-9(14)12-4;1-11(2,3)17-10(14)12-5-8(6-12)16-7-9(13)15-4;1-10(2,3)16-9(14)11-4-7(5-11)15-6-8(12)13;1-8(2,3)12-7(11)9-4-6(10)5-9;1-7-6(9)4-10-5-2-8-3-5;1-6-3(5)2-4;1-2;;/h8H,5-7H2,1-4H3,(H,12,14);8H,5-7H2,1-4H3;7H,4-6H2,1-3H3,(H,12,13);6,10H,4-5H2,1-3H3;5,8H,2-4H2,1H3,(H,7,9);2H2,1H3;2H2,1H3;;1H2/q;;;;;;;+1;/p-1. The number of hydrogen-bond acceptors (Lipinski definition) is 23. The molecule has 0 saturated carbocycles. The van der Waals surface area contributed by atoms with Gasteiger partial charge in [0, 0.05) is 27.2 Å². The number of ether oxygens (including phenoxy) is 10. The molecule has 0 bridgehead atoms. The molecule has 0 atom stereocenters. The van der Waals surface area contributed by atoms with Crippen LogP contribution in [-0.2, 0) is 71.3 Å². The molecular weight excluding hydrogens is 1150 g/mol. The third-order valence-electron chi connectivity index (χ3n) is 9.66. The molecule has 82 heavy (non-hydrogen) atoms. The number of amides is 6. The fourth-order valence-electron chi connectivity index (χ4n) is 5.39. The molecule has 474 valence electrons. The van der Waals surface area contributed by atoms with E-state index in [1.807, 2.05) is 62.3 Å². The van der Waals surface area contributed by atoms with E-state index in [-0.39, 0.29) is 129 Å². The zero-order valence-electron chi connectivity index (χ0n) is 51.3. The van der Waals surface area contributed by atoms with Gasteiger partial charge in [0.15, 0.2) is 0 Å². The van der Waals surface area contributed by atoms with Gasteiger partial charge in [0.05, 0.1) is 97.1 Å². The Morgan fingerprint density at radius 2 is 0.768 bits per heavy atom. The molecule has 0 spiro atoms. The van der Waals surface area contributed by atoms with E-state index in [9.17, 15) is 43.2 Å². The number of likely N-dealkylation sites (tertiary alicyclic amines) is 4. The van der Waals surface area contributed by atoms with Crippen molar-refractivity contribution in [3.63, 3.8) is 0 Å². The number of nitrogens with one attached hydrogen (secondary N) is 3. The van der Waals surface area contributed by atoms with Gasteiger partial charge in [-0.1, -0.05) is 15.9 Å². The summed E-state index contributed by atoms with van der Waals surface area (Å²) in [6, 6.07) is 0. The molecule has 6 amide bonds. The number of rotatable bonds is 13. The number of methoxy groups -OCH3 is 2. The summed E-state index contributed by atoms with van der Waals surface area (Å²) in [6.07, 6.45) is -1.90. The van der Waals surface area contributed by atoms with Crippen LogP contribution in [0.2, 0.25) is 0 Å². The topological polar surface area (TPSA) is 391 Å². The number of alkyl halides is 1. The summed E-state index contributed by atoms with van der Waals surface area (Å²) in [4.78, 5) is 104. The van der Waals surface area contributed by atoms with Crippen molar-refractivity contribution in [1.82, 2.24) is 35.6 Å². The molecule has 5 rings (SSSR count). The SMILES string of the molecule is CC(C)(C)OC(=O)N1CC(O)C1.CC(C)(C)OC(=O)N1CC(OCC(=O)O)C1.CN.CNC(=O)COC1CN(C(=O)OC(C)(C)C)C1.CNC(=O)COC1CNC1.COC(=O)CBr.COC(=O)COC1CN(C(=O)OC(C)(C)C)C1.[Li+].[OH-]. The van der Waals surface area contributed by atoms with E-state index in [2.05, 4.69) is 47.1 Å². The Morgan fingerprint density at radius 3 is 0.976 bits per heavy atom. The Bertz CT molecular complexity index is 1830. The Balaban J connectivity index is -0.000000450. The van der Waals surface area contributed by atoms with E-state index in [0.717, 1.165) is 13.1 Å². The van der Waals surface area contributed by atoms with Gasteiger partial charge >= 0.3 is 61.1 Å². The van der Waals surface area contributed by atoms with Crippen LogP contribution in [0.5, 0.6) is 0 Å². The Morgan fingerprint density at radius 1 is 0.500 bits per heavy atom. The van der Waals surface area contributed by atoms with Crippen molar-refractivity contribution in [2.75, 3.05) is 133 Å². The minimum Gasteiger partial charge on any atom is -0.870 e. The van der Waals surface area contributed by atoms with E-state index < -0.39 is 34.3 Å². The molecule has 5 aliphatic rings. The van der Waals surface area contributed by atoms with Crippen LogP contribution in [0.1, 0.15) is 83.1 Å². The van der Waals surface area contributed by atoms with Crippen molar-refractivity contribution in [1.29, 1.82) is 0 Å². The summed E-state index contributed by atoms with van der Waals surface area (Å²) in [7, 11) is 7.31. The molecule has 0 aliphatic carbocycles. The normalized spacial score (nSPS) is 15.7. The minimum atomic E-state index is -1.00. The predicted molar refractivity (Wildman–Crippen MR) is 295 cm³/mol. The molecule has 5 heterocycles. The summed E-state index contributed by atoms with van der Waals surface area (Å²) in [5.41, 5.74) is 2.57. The molecule has 30 nitrogen and oxygen atoms in total.